The van der Waals surface area contributed by atoms with Crippen molar-refractivity contribution in [3.05, 3.63) is 64.8 Å². The van der Waals surface area contributed by atoms with Crippen LogP contribution in [0.4, 0.5) is 0 Å². The summed E-state index contributed by atoms with van der Waals surface area (Å²) in [5, 5.41) is 4.29. The van der Waals surface area contributed by atoms with Gasteiger partial charge in [-0.15, -0.1) is 0 Å². The fourth-order valence-electron chi connectivity index (χ4n) is 4.11. The van der Waals surface area contributed by atoms with Gasteiger partial charge in [0.05, 0.1) is 5.69 Å². The minimum absolute atomic E-state index is 0.189. The molecule has 122 valence electrons. The number of fused-ring (bicyclic) bond motifs is 1. The van der Waals surface area contributed by atoms with E-state index in [9.17, 15) is 0 Å². The van der Waals surface area contributed by atoms with Crippen LogP contribution in [0.3, 0.4) is 0 Å². The standard InChI is InChI=1S/C21H23N3/c1-13-11-15(20-9-10-23-24(20)3)12-14(2)21(13)18-6-4-5-17-16(18)7-8-19(17)22/h4-6,9-12,19H,7-8,22H2,1-3H3/t19-/m1/s1. The molecule has 1 atom stereocenters. The smallest absolute Gasteiger partial charge is 0.0679 e. The maximum Gasteiger partial charge on any atom is 0.0679 e. The molecule has 1 aliphatic carbocycles. The molecular formula is C21H23N3. The number of aryl methyl sites for hydroxylation is 3. The van der Waals surface area contributed by atoms with E-state index in [-0.39, 0.29) is 6.04 Å². The molecule has 0 radical (unpaired) electrons. The van der Waals surface area contributed by atoms with Crippen LogP contribution in [0.5, 0.6) is 0 Å². The molecule has 0 spiro atoms. The minimum Gasteiger partial charge on any atom is -0.324 e. The van der Waals surface area contributed by atoms with Crippen molar-refractivity contribution in [1.82, 2.24) is 9.78 Å². The third-order valence-electron chi connectivity index (χ3n) is 5.24. The average Bonchev–Trinajstić information content (AvgIpc) is 3.14. The van der Waals surface area contributed by atoms with Gasteiger partial charge in [-0.3, -0.25) is 4.68 Å². The summed E-state index contributed by atoms with van der Waals surface area (Å²) in [6.45, 7) is 4.41. The first-order valence-electron chi connectivity index (χ1n) is 8.53. The fraction of sp³-hybridized carbons (Fsp3) is 0.286. The van der Waals surface area contributed by atoms with Crippen LogP contribution in [-0.4, -0.2) is 9.78 Å². The van der Waals surface area contributed by atoms with Crippen molar-refractivity contribution in [3.8, 4) is 22.4 Å². The molecule has 2 aromatic carbocycles. The second-order valence-corrected chi connectivity index (χ2v) is 6.84. The Labute approximate surface area is 143 Å². The van der Waals surface area contributed by atoms with Crippen LogP contribution >= 0.6 is 0 Å². The predicted octanol–water partition coefficient (Wildman–Crippen LogP) is 4.32. The second-order valence-electron chi connectivity index (χ2n) is 6.84. The third kappa shape index (κ3) is 2.28. The molecule has 1 heterocycles. The van der Waals surface area contributed by atoms with Gasteiger partial charge in [0.2, 0.25) is 0 Å². The molecule has 0 amide bonds. The van der Waals surface area contributed by atoms with Gasteiger partial charge in [-0.25, -0.2) is 0 Å². The maximum absolute atomic E-state index is 6.26. The van der Waals surface area contributed by atoms with E-state index < -0.39 is 0 Å². The lowest BCUT2D eigenvalue weighted by molar-refractivity contribution is 0.713. The number of benzene rings is 2. The molecular weight excluding hydrogens is 294 g/mol. The SMILES string of the molecule is Cc1cc(-c2ccnn2C)cc(C)c1-c1cccc2c1CC[C@H]2N. The van der Waals surface area contributed by atoms with Crippen molar-refractivity contribution in [3.63, 3.8) is 0 Å². The fourth-order valence-corrected chi connectivity index (χ4v) is 4.11. The Hall–Kier alpha value is -2.39. The summed E-state index contributed by atoms with van der Waals surface area (Å²) >= 11 is 0. The van der Waals surface area contributed by atoms with Gasteiger partial charge in [-0.1, -0.05) is 18.2 Å². The monoisotopic (exact) mass is 317 g/mol. The van der Waals surface area contributed by atoms with Gasteiger partial charge in [0.1, 0.15) is 0 Å². The molecule has 1 aromatic heterocycles. The summed E-state index contributed by atoms with van der Waals surface area (Å²) < 4.78 is 1.92. The summed E-state index contributed by atoms with van der Waals surface area (Å²) in [4.78, 5) is 0. The van der Waals surface area contributed by atoms with E-state index in [0.717, 1.165) is 18.5 Å². The van der Waals surface area contributed by atoms with Crippen molar-refractivity contribution in [2.45, 2.75) is 32.7 Å². The molecule has 4 rings (SSSR count). The number of hydrogen-bond acceptors (Lipinski definition) is 2. The molecule has 3 nitrogen and oxygen atoms in total. The highest BCUT2D eigenvalue weighted by atomic mass is 15.3. The molecule has 0 bridgehead atoms. The molecule has 0 unspecified atom stereocenters. The maximum atomic E-state index is 6.26. The van der Waals surface area contributed by atoms with Crippen molar-refractivity contribution in [2.24, 2.45) is 12.8 Å². The van der Waals surface area contributed by atoms with Crippen molar-refractivity contribution in [1.29, 1.82) is 0 Å². The van der Waals surface area contributed by atoms with E-state index >= 15 is 0 Å². The Morgan fingerprint density at radius 3 is 2.54 bits per heavy atom. The van der Waals surface area contributed by atoms with Gasteiger partial charge in [-0.05, 0) is 78.3 Å². The summed E-state index contributed by atoms with van der Waals surface area (Å²) in [6.07, 6.45) is 3.98. The van der Waals surface area contributed by atoms with E-state index in [1.807, 2.05) is 17.9 Å². The molecule has 3 aromatic rings. The van der Waals surface area contributed by atoms with Crippen LogP contribution in [0.1, 0.15) is 34.7 Å². The largest absolute Gasteiger partial charge is 0.324 e. The van der Waals surface area contributed by atoms with E-state index in [0.29, 0.717) is 0 Å². The van der Waals surface area contributed by atoms with Crippen LogP contribution in [0.15, 0.2) is 42.6 Å². The summed E-state index contributed by atoms with van der Waals surface area (Å²) in [5.74, 6) is 0. The normalized spacial score (nSPS) is 16.4. The number of nitrogens with zero attached hydrogens (tertiary/aromatic N) is 2. The summed E-state index contributed by atoms with van der Waals surface area (Å²) in [5.41, 5.74) is 16.7. The quantitative estimate of drug-likeness (QED) is 0.765. The van der Waals surface area contributed by atoms with Gasteiger partial charge in [0.25, 0.3) is 0 Å². The first-order chi connectivity index (χ1) is 11.6. The van der Waals surface area contributed by atoms with Gasteiger partial charge < -0.3 is 5.73 Å². The Kier molecular flexibility index (Phi) is 3.54. The van der Waals surface area contributed by atoms with E-state index in [1.54, 1.807) is 0 Å². The zero-order valence-corrected chi connectivity index (χ0v) is 14.5. The Balaban J connectivity index is 1.88. The van der Waals surface area contributed by atoms with Gasteiger partial charge in [0, 0.05) is 24.8 Å². The minimum atomic E-state index is 0.189. The van der Waals surface area contributed by atoms with Crippen LogP contribution in [-0.2, 0) is 13.5 Å². The Morgan fingerprint density at radius 1 is 1.12 bits per heavy atom. The van der Waals surface area contributed by atoms with Gasteiger partial charge in [0.15, 0.2) is 0 Å². The number of aromatic nitrogens is 2. The van der Waals surface area contributed by atoms with E-state index in [2.05, 4.69) is 55.3 Å². The second kappa shape index (κ2) is 5.60. The molecule has 0 fully saturated rings. The third-order valence-corrected chi connectivity index (χ3v) is 5.24. The first-order valence-corrected chi connectivity index (χ1v) is 8.53. The van der Waals surface area contributed by atoms with Crippen LogP contribution in [0, 0.1) is 13.8 Å². The highest BCUT2D eigenvalue weighted by molar-refractivity contribution is 5.79. The number of rotatable bonds is 2. The van der Waals surface area contributed by atoms with Crippen LogP contribution < -0.4 is 5.73 Å². The van der Waals surface area contributed by atoms with Crippen LogP contribution in [0.25, 0.3) is 22.4 Å². The topological polar surface area (TPSA) is 43.8 Å². The molecule has 3 heteroatoms. The molecule has 2 N–H and O–H groups in total. The van der Waals surface area contributed by atoms with Crippen molar-refractivity contribution in [2.75, 3.05) is 0 Å². The van der Waals surface area contributed by atoms with E-state index in [1.165, 1.54) is 38.9 Å². The Morgan fingerprint density at radius 2 is 1.88 bits per heavy atom. The lowest BCUT2D eigenvalue weighted by Gasteiger charge is -2.17. The summed E-state index contributed by atoms with van der Waals surface area (Å²) in [6, 6.07) is 13.4. The van der Waals surface area contributed by atoms with E-state index in [4.69, 9.17) is 5.73 Å². The van der Waals surface area contributed by atoms with Gasteiger partial charge in [-0.2, -0.15) is 5.10 Å². The lowest BCUT2D eigenvalue weighted by atomic mass is 9.89. The molecule has 0 saturated carbocycles. The lowest BCUT2D eigenvalue weighted by Crippen LogP contribution is -2.05. The highest BCUT2D eigenvalue weighted by Gasteiger charge is 2.23. The summed E-state index contributed by atoms with van der Waals surface area (Å²) in [7, 11) is 1.99. The number of nitrogens with two attached hydrogens (primary N) is 1. The molecule has 1 aliphatic rings. The average molecular weight is 317 g/mol. The molecule has 24 heavy (non-hydrogen) atoms. The van der Waals surface area contributed by atoms with Crippen LogP contribution in [0.2, 0.25) is 0 Å². The van der Waals surface area contributed by atoms with Gasteiger partial charge >= 0.3 is 0 Å². The van der Waals surface area contributed by atoms with Crippen molar-refractivity contribution < 1.29 is 0 Å². The molecule has 0 saturated heterocycles. The zero-order valence-electron chi connectivity index (χ0n) is 14.5. The molecule has 0 aliphatic heterocycles. The first kappa shape index (κ1) is 15.2. The predicted molar refractivity (Wildman–Crippen MR) is 98.8 cm³/mol. The van der Waals surface area contributed by atoms with Crippen molar-refractivity contribution >= 4 is 0 Å². The number of hydrogen-bond donors (Lipinski definition) is 1. The highest BCUT2D eigenvalue weighted by Crippen LogP contribution is 2.40. The Bertz CT molecular complexity index is 898. The zero-order chi connectivity index (χ0) is 16.8.